The van der Waals surface area contributed by atoms with Crippen molar-refractivity contribution in [3.63, 3.8) is 0 Å². The zero-order valence-corrected chi connectivity index (χ0v) is 12.4. The normalized spacial score (nSPS) is 12.6. The summed E-state index contributed by atoms with van der Waals surface area (Å²) in [5, 5.41) is 10.0. The van der Waals surface area contributed by atoms with Crippen molar-refractivity contribution >= 4 is 5.69 Å². The third-order valence-corrected chi connectivity index (χ3v) is 3.20. The van der Waals surface area contributed by atoms with E-state index in [9.17, 15) is 5.11 Å². The number of aliphatic hydroxyl groups excluding tert-OH is 1. The van der Waals surface area contributed by atoms with Gasteiger partial charge in [0.15, 0.2) is 0 Å². The molecule has 1 unspecified atom stereocenters. The van der Waals surface area contributed by atoms with Gasteiger partial charge >= 0.3 is 0 Å². The Morgan fingerprint density at radius 1 is 1.43 bits per heavy atom. The summed E-state index contributed by atoms with van der Waals surface area (Å²) < 4.78 is 7.50. The number of rotatable bonds is 7. The third kappa shape index (κ3) is 4.47. The van der Waals surface area contributed by atoms with Crippen LogP contribution >= 0.6 is 0 Å². The summed E-state index contributed by atoms with van der Waals surface area (Å²) in [6.45, 7) is 1.38. The van der Waals surface area contributed by atoms with Crippen molar-refractivity contribution in [3.8, 4) is 5.75 Å². The van der Waals surface area contributed by atoms with Gasteiger partial charge in [-0.1, -0.05) is 12.1 Å². The number of likely N-dealkylation sites (N-methyl/N-ethyl adjacent to an activating group) is 1. The zero-order valence-electron chi connectivity index (χ0n) is 12.4. The smallest absolute Gasteiger partial charge is 0.142 e. The van der Waals surface area contributed by atoms with Crippen LogP contribution in [0.5, 0.6) is 5.75 Å². The number of imidazole rings is 1. The summed E-state index contributed by atoms with van der Waals surface area (Å²) in [7, 11) is 3.89. The van der Waals surface area contributed by atoms with Crippen LogP contribution in [-0.4, -0.2) is 45.9 Å². The van der Waals surface area contributed by atoms with Gasteiger partial charge in [-0.25, -0.2) is 4.98 Å². The highest BCUT2D eigenvalue weighted by Crippen LogP contribution is 2.19. The molecule has 6 nitrogen and oxygen atoms in total. The van der Waals surface area contributed by atoms with Crippen molar-refractivity contribution in [2.45, 2.75) is 12.6 Å². The predicted molar refractivity (Wildman–Crippen MR) is 81.9 cm³/mol. The number of benzene rings is 1. The van der Waals surface area contributed by atoms with E-state index < -0.39 is 6.10 Å². The molecule has 1 atom stereocenters. The minimum absolute atomic E-state index is 0.207. The summed E-state index contributed by atoms with van der Waals surface area (Å²) >= 11 is 0. The van der Waals surface area contributed by atoms with Gasteiger partial charge in [-0.2, -0.15) is 0 Å². The molecule has 0 fully saturated rings. The molecule has 1 aromatic carbocycles. The second-order valence-corrected chi connectivity index (χ2v) is 5.15. The van der Waals surface area contributed by atoms with E-state index in [4.69, 9.17) is 10.5 Å². The van der Waals surface area contributed by atoms with E-state index in [0.717, 1.165) is 5.82 Å². The molecule has 2 aromatic rings. The molecule has 0 spiro atoms. The SMILES string of the molecule is CN(Cc1nccn1C)CC(O)COc1ccccc1N. The molecule has 0 aliphatic carbocycles. The average molecular weight is 290 g/mol. The van der Waals surface area contributed by atoms with Crippen molar-refractivity contribution in [2.24, 2.45) is 7.05 Å². The molecule has 0 saturated heterocycles. The molecular weight excluding hydrogens is 268 g/mol. The Bertz CT molecular complexity index is 570. The topological polar surface area (TPSA) is 76.5 Å². The number of aliphatic hydroxyl groups is 1. The van der Waals surface area contributed by atoms with Crippen LogP contribution in [0.1, 0.15) is 5.82 Å². The van der Waals surface area contributed by atoms with Crippen LogP contribution in [0.3, 0.4) is 0 Å². The molecule has 1 aromatic heterocycles. The quantitative estimate of drug-likeness (QED) is 0.740. The van der Waals surface area contributed by atoms with Gasteiger partial charge in [0, 0.05) is 26.0 Å². The lowest BCUT2D eigenvalue weighted by Crippen LogP contribution is -2.33. The molecular formula is C15H22N4O2. The standard InChI is InChI=1S/C15H22N4O2/c1-18(10-15-17-7-8-19(15)2)9-12(20)11-21-14-6-4-3-5-13(14)16/h3-8,12,20H,9-11,16H2,1-2H3. The number of aromatic nitrogens is 2. The van der Waals surface area contributed by atoms with Gasteiger partial charge in [-0.3, -0.25) is 4.90 Å². The van der Waals surface area contributed by atoms with E-state index in [1.54, 1.807) is 18.3 Å². The zero-order chi connectivity index (χ0) is 15.2. The van der Waals surface area contributed by atoms with Gasteiger partial charge in [0.05, 0.1) is 12.2 Å². The molecule has 0 amide bonds. The van der Waals surface area contributed by atoms with Gasteiger partial charge in [-0.05, 0) is 19.2 Å². The summed E-state index contributed by atoms with van der Waals surface area (Å²) in [6, 6.07) is 7.26. The van der Waals surface area contributed by atoms with Crippen LogP contribution in [0.15, 0.2) is 36.7 Å². The lowest BCUT2D eigenvalue weighted by atomic mass is 10.3. The fourth-order valence-electron chi connectivity index (χ4n) is 2.07. The highest BCUT2D eigenvalue weighted by atomic mass is 16.5. The van der Waals surface area contributed by atoms with Crippen LogP contribution in [0.4, 0.5) is 5.69 Å². The number of nitrogens with two attached hydrogens (primary N) is 1. The van der Waals surface area contributed by atoms with Crippen molar-refractivity contribution in [1.82, 2.24) is 14.5 Å². The Labute approximate surface area is 124 Å². The van der Waals surface area contributed by atoms with Crippen molar-refractivity contribution < 1.29 is 9.84 Å². The van der Waals surface area contributed by atoms with Gasteiger partial charge in [0.25, 0.3) is 0 Å². The second-order valence-electron chi connectivity index (χ2n) is 5.15. The first-order valence-electron chi connectivity index (χ1n) is 6.86. The first-order valence-corrected chi connectivity index (χ1v) is 6.86. The molecule has 0 saturated carbocycles. The molecule has 114 valence electrons. The van der Waals surface area contributed by atoms with Crippen molar-refractivity contribution in [3.05, 3.63) is 42.5 Å². The molecule has 2 rings (SSSR count). The number of hydrogen-bond donors (Lipinski definition) is 2. The molecule has 0 aliphatic rings. The van der Waals surface area contributed by atoms with Gasteiger partial charge in [0.1, 0.15) is 24.3 Å². The third-order valence-electron chi connectivity index (χ3n) is 3.20. The maximum absolute atomic E-state index is 10.0. The first-order chi connectivity index (χ1) is 10.1. The number of hydrogen-bond acceptors (Lipinski definition) is 5. The first kappa shape index (κ1) is 15.3. The summed E-state index contributed by atoms with van der Waals surface area (Å²) in [5.74, 6) is 1.56. The minimum atomic E-state index is -0.588. The monoisotopic (exact) mass is 290 g/mol. The Balaban J connectivity index is 1.78. The number of para-hydroxylation sites is 2. The molecule has 3 N–H and O–H groups in total. The maximum Gasteiger partial charge on any atom is 0.142 e. The van der Waals surface area contributed by atoms with E-state index in [1.807, 2.05) is 41.9 Å². The van der Waals surface area contributed by atoms with Gasteiger partial charge < -0.3 is 20.1 Å². The number of anilines is 1. The number of nitrogens with zero attached hydrogens (tertiary/aromatic N) is 3. The fraction of sp³-hybridized carbons (Fsp3) is 0.400. The molecule has 21 heavy (non-hydrogen) atoms. The summed E-state index contributed by atoms with van der Waals surface area (Å²) in [6.07, 6.45) is 3.08. The summed E-state index contributed by atoms with van der Waals surface area (Å²) in [5.41, 5.74) is 6.36. The molecule has 0 bridgehead atoms. The lowest BCUT2D eigenvalue weighted by Gasteiger charge is -2.20. The molecule has 1 heterocycles. The lowest BCUT2D eigenvalue weighted by molar-refractivity contribution is 0.0737. The van der Waals surface area contributed by atoms with Crippen LogP contribution in [0.2, 0.25) is 0 Å². The van der Waals surface area contributed by atoms with Crippen LogP contribution in [-0.2, 0) is 13.6 Å². The highest BCUT2D eigenvalue weighted by molar-refractivity contribution is 5.51. The largest absolute Gasteiger partial charge is 0.489 e. The van der Waals surface area contributed by atoms with E-state index in [0.29, 0.717) is 24.5 Å². The Kier molecular flexibility index (Phi) is 5.19. The molecule has 6 heteroatoms. The number of nitrogen functional groups attached to an aromatic ring is 1. The Hall–Kier alpha value is -2.05. The van der Waals surface area contributed by atoms with Crippen LogP contribution in [0, 0.1) is 0 Å². The summed E-state index contributed by atoms with van der Waals surface area (Å²) in [4.78, 5) is 6.26. The van der Waals surface area contributed by atoms with Crippen molar-refractivity contribution in [2.75, 3.05) is 25.9 Å². The van der Waals surface area contributed by atoms with E-state index in [2.05, 4.69) is 4.98 Å². The average Bonchev–Trinajstić information content (AvgIpc) is 2.83. The van der Waals surface area contributed by atoms with E-state index in [-0.39, 0.29) is 6.61 Å². The number of aryl methyl sites for hydroxylation is 1. The second kappa shape index (κ2) is 7.10. The van der Waals surface area contributed by atoms with Crippen LogP contribution in [0.25, 0.3) is 0 Å². The number of ether oxygens (including phenoxy) is 1. The van der Waals surface area contributed by atoms with E-state index >= 15 is 0 Å². The highest BCUT2D eigenvalue weighted by Gasteiger charge is 2.12. The van der Waals surface area contributed by atoms with E-state index in [1.165, 1.54) is 0 Å². The van der Waals surface area contributed by atoms with Crippen molar-refractivity contribution in [1.29, 1.82) is 0 Å². The van der Waals surface area contributed by atoms with Gasteiger partial charge in [-0.15, -0.1) is 0 Å². The minimum Gasteiger partial charge on any atom is -0.489 e. The van der Waals surface area contributed by atoms with Gasteiger partial charge in [0.2, 0.25) is 0 Å². The Morgan fingerprint density at radius 3 is 2.86 bits per heavy atom. The Morgan fingerprint density at radius 2 is 2.19 bits per heavy atom. The molecule has 0 radical (unpaired) electrons. The van der Waals surface area contributed by atoms with Crippen LogP contribution < -0.4 is 10.5 Å². The fourth-order valence-corrected chi connectivity index (χ4v) is 2.07. The maximum atomic E-state index is 10.0. The predicted octanol–water partition coefficient (Wildman–Crippen LogP) is 0.874. The molecule has 0 aliphatic heterocycles.